The minimum atomic E-state index is 0.689. The van der Waals surface area contributed by atoms with E-state index in [1.807, 2.05) is 20.8 Å². The molecule has 0 fully saturated rings. The summed E-state index contributed by atoms with van der Waals surface area (Å²) in [7, 11) is 0. The minimum absolute atomic E-state index is 0.689. The molecule has 1 N–H and O–H groups in total. The molecule has 2 heterocycles. The van der Waals surface area contributed by atoms with Crippen LogP contribution < -0.4 is 5.32 Å². The first kappa shape index (κ1) is 13.5. The van der Waals surface area contributed by atoms with E-state index in [1.165, 1.54) is 0 Å². The molecule has 2 aromatic rings. The van der Waals surface area contributed by atoms with Crippen molar-refractivity contribution in [3.05, 3.63) is 22.7 Å². The molecule has 0 saturated carbocycles. The van der Waals surface area contributed by atoms with Gasteiger partial charge in [0, 0.05) is 17.8 Å². The topological polar surface area (TPSA) is 63.8 Å². The molecule has 0 aliphatic carbocycles. The molecule has 0 aliphatic rings. The molecule has 0 spiro atoms. The number of nitrogens with zero attached hydrogens (tertiary/aromatic N) is 3. The Hall–Kier alpha value is -1.91. The maximum atomic E-state index is 5.20. The van der Waals surface area contributed by atoms with Crippen LogP contribution in [0.15, 0.2) is 4.52 Å². The molecule has 0 unspecified atom stereocenters. The lowest BCUT2D eigenvalue weighted by Gasteiger charge is -2.12. The first-order valence-corrected chi connectivity index (χ1v) is 6.63. The summed E-state index contributed by atoms with van der Waals surface area (Å²) in [5, 5.41) is 7.26. The van der Waals surface area contributed by atoms with Crippen LogP contribution in [0.5, 0.6) is 0 Å². The first-order chi connectivity index (χ1) is 9.08. The molecule has 0 bridgehead atoms. The normalized spacial score (nSPS) is 10.8. The Labute approximate surface area is 113 Å². The third-order valence-electron chi connectivity index (χ3n) is 3.18. The van der Waals surface area contributed by atoms with Crippen LogP contribution in [-0.4, -0.2) is 21.7 Å². The van der Waals surface area contributed by atoms with Crippen molar-refractivity contribution in [3.8, 4) is 11.4 Å². The largest absolute Gasteiger partial charge is 0.370 e. The summed E-state index contributed by atoms with van der Waals surface area (Å²) in [6.45, 7) is 10.8. The number of nitrogens with one attached hydrogen (secondary N) is 1. The van der Waals surface area contributed by atoms with Gasteiger partial charge >= 0.3 is 0 Å². The monoisotopic (exact) mass is 260 g/mol. The number of hydrogen-bond acceptors (Lipinski definition) is 5. The Balaban J connectivity index is 2.61. The van der Waals surface area contributed by atoms with Crippen LogP contribution in [0.2, 0.25) is 0 Å². The molecule has 0 atom stereocenters. The fraction of sp³-hybridized carbons (Fsp3) is 0.500. The van der Waals surface area contributed by atoms with Gasteiger partial charge in [0.1, 0.15) is 11.6 Å². The molecule has 0 radical (unpaired) electrons. The van der Waals surface area contributed by atoms with Crippen molar-refractivity contribution in [2.24, 2.45) is 0 Å². The Kier molecular flexibility index (Phi) is 3.83. The number of hydrogen-bond donors (Lipinski definition) is 1. The highest BCUT2D eigenvalue weighted by Gasteiger charge is 2.17. The van der Waals surface area contributed by atoms with Crippen LogP contribution in [0.25, 0.3) is 11.4 Å². The molecule has 5 heteroatoms. The van der Waals surface area contributed by atoms with Crippen LogP contribution >= 0.6 is 0 Å². The highest BCUT2D eigenvalue weighted by molar-refractivity contribution is 5.63. The molecule has 102 valence electrons. The van der Waals surface area contributed by atoms with Crippen molar-refractivity contribution < 1.29 is 4.52 Å². The zero-order chi connectivity index (χ0) is 14.0. The maximum Gasteiger partial charge on any atom is 0.167 e. The van der Waals surface area contributed by atoms with Crippen molar-refractivity contribution >= 4 is 5.82 Å². The van der Waals surface area contributed by atoms with Crippen LogP contribution in [0.3, 0.4) is 0 Å². The molecule has 2 aromatic heterocycles. The van der Waals surface area contributed by atoms with Gasteiger partial charge in [0.05, 0.1) is 11.3 Å². The highest BCUT2D eigenvalue weighted by Crippen LogP contribution is 2.27. The van der Waals surface area contributed by atoms with E-state index in [2.05, 4.69) is 34.3 Å². The van der Waals surface area contributed by atoms with Gasteiger partial charge in [0.2, 0.25) is 0 Å². The van der Waals surface area contributed by atoms with Crippen molar-refractivity contribution in [1.29, 1.82) is 0 Å². The Morgan fingerprint density at radius 2 is 1.84 bits per heavy atom. The van der Waals surface area contributed by atoms with Crippen molar-refractivity contribution in [2.45, 2.75) is 41.0 Å². The number of anilines is 1. The lowest BCUT2D eigenvalue weighted by atomic mass is 10.1. The zero-order valence-electron chi connectivity index (χ0n) is 12.2. The summed E-state index contributed by atoms with van der Waals surface area (Å²) in [4.78, 5) is 9.26. The van der Waals surface area contributed by atoms with Crippen molar-refractivity contribution in [3.63, 3.8) is 0 Å². The van der Waals surface area contributed by atoms with Gasteiger partial charge in [0.15, 0.2) is 5.82 Å². The minimum Gasteiger partial charge on any atom is -0.370 e. The van der Waals surface area contributed by atoms with Gasteiger partial charge in [-0.3, -0.25) is 0 Å². The number of aryl methyl sites for hydroxylation is 3. The fourth-order valence-corrected chi connectivity index (χ4v) is 2.16. The predicted octanol–water partition coefficient (Wildman–Crippen LogP) is 3.05. The SMILES string of the molecule is CCNc1nc(-c2c(C)noc2C)nc(CC)c1C. The lowest BCUT2D eigenvalue weighted by Crippen LogP contribution is -2.08. The number of rotatable bonds is 4. The fourth-order valence-electron chi connectivity index (χ4n) is 2.16. The van der Waals surface area contributed by atoms with Gasteiger partial charge in [-0.1, -0.05) is 12.1 Å². The average Bonchev–Trinajstić information content (AvgIpc) is 2.72. The molecule has 0 saturated heterocycles. The Bertz CT molecular complexity index is 570. The van der Waals surface area contributed by atoms with E-state index in [9.17, 15) is 0 Å². The van der Waals surface area contributed by atoms with E-state index in [4.69, 9.17) is 4.52 Å². The molecule has 19 heavy (non-hydrogen) atoms. The quantitative estimate of drug-likeness (QED) is 0.915. The van der Waals surface area contributed by atoms with E-state index >= 15 is 0 Å². The van der Waals surface area contributed by atoms with Gasteiger partial charge in [-0.05, 0) is 34.1 Å². The lowest BCUT2D eigenvalue weighted by molar-refractivity contribution is 0.393. The smallest absolute Gasteiger partial charge is 0.167 e. The Morgan fingerprint density at radius 3 is 2.37 bits per heavy atom. The predicted molar refractivity (Wildman–Crippen MR) is 75.3 cm³/mol. The van der Waals surface area contributed by atoms with Crippen LogP contribution in [-0.2, 0) is 6.42 Å². The summed E-state index contributed by atoms with van der Waals surface area (Å²) in [6.07, 6.45) is 0.878. The van der Waals surface area contributed by atoms with Gasteiger partial charge in [0.25, 0.3) is 0 Å². The van der Waals surface area contributed by atoms with Crippen molar-refractivity contribution in [1.82, 2.24) is 15.1 Å². The standard InChI is InChI=1S/C14H20N4O/c1-6-11-8(3)13(15-7-2)17-14(16-11)12-9(4)18-19-10(12)5/h6-7H2,1-5H3,(H,15,16,17). The first-order valence-electron chi connectivity index (χ1n) is 6.63. The highest BCUT2D eigenvalue weighted by atomic mass is 16.5. The third kappa shape index (κ3) is 2.45. The summed E-state index contributed by atoms with van der Waals surface area (Å²) in [6, 6.07) is 0. The van der Waals surface area contributed by atoms with Gasteiger partial charge in [-0.25, -0.2) is 9.97 Å². The van der Waals surface area contributed by atoms with E-state index in [0.29, 0.717) is 5.82 Å². The molecular weight excluding hydrogens is 240 g/mol. The van der Waals surface area contributed by atoms with Crippen LogP contribution in [0.4, 0.5) is 5.82 Å². The van der Waals surface area contributed by atoms with E-state index in [-0.39, 0.29) is 0 Å². The molecule has 2 rings (SSSR count). The van der Waals surface area contributed by atoms with E-state index in [1.54, 1.807) is 0 Å². The Morgan fingerprint density at radius 1 is 1.11 bits per heavy atom. The third-order valence-corrected chi connectivity index (χ3v) is 3.18. The number of aromatic nitrogens is 3. The van der Waals surface area contributed by atoms with Gasteiger partial charge in [-0.15, -0.1) is 0 Å². The van der Waals surface area contributed by atoms with Gasteiger partial charge < -0.3 is 9.84 Å². The summed E-state index contributed by atoms with van der Waals surface area (Å²) in [5.41, 5.74) is 3.89. The molecule has 0 aromatic carbocycles. The van der Waals surface area contributed by atoms with Crippen LogP contribution in [0, 0.1) is 20.8 Å². The molecular formula is C14H20N4O. The summed E-state index contributed by atoms with van der Waals surface area (Å²) < 4.78 is 5.20. The van der Waals surface area contributed by atoms with E-state index < -0.39 is 0 Å². The molecule has 0 aliphatic heterocycles. The maximum absolute atomic E-state index is 5.20. The zero-order valence-corrected chi connectivity index (χ0v) is 12.2. The van der Waals surface area contributed by atoms with Crippen molar-refractivity contribution in [2.75, 3.05) is 11.9 Å². The second-order valence-corrected chi connectivity index (χ2v) is 4.55. The van der Waals surface area contributed by atoms with Crippen LogP contribution in [0.1, 0.15) is 36.6 Å². The summed E-state index contributed by atoms with van der Waals surface area (Å²) >= 11 is 0. The van der Waals surface area contributed by atoms with E-state index in [0.717, 1.165) is 47.1 Å². The second-order valence-electron chi connectivity index (χ2n) is 4.55. The van der Waals surface area contributed by atoms with Gasteiger partial charge in [-0.2, -0.15) is 0 Å². The average molecular weight is 260 g/mol. The molecule has 0 amide bonds. The second kappa shape index (κ2) is 5.38. The summed E-state index contributed by atoms with van der Waals surface area (Å²) in [5.74, 6) is 2.34. The molecule has 5 nitrogen and oxygen atoms in total.